The topological polar surface area (TPSA) is 135 Å². The molecule has 0 saturated carbocycles. The van der Waals surface area contributed by atoms with E-state index in [1.807, 2.05) is 21.1 Å². The number of hydrogen-bond donors (Lipinski definition) is 2. The van der Waals surface area contributed by atoms with Crippen LogP contribution in [0.4, 0.5) is 0 Å². The molecule has 0 rings (SSSR count). The number of ether oxygens (including phenoxy) is 2. The van der Waals surface area contributed by atoms with Crippen LogP contribution < -0.4 is 4.89 Å². The highest BCUT2D eigenvalue weighted by Gasteiger charge is 2.20. The van der Waals surface area contributed by atoms with E-state index in [4.69, 9.17) is 18.5 Å². The van der Waals surface area contributed by atoms with E-state index in [9.17, 15) is 24.5 Å². The van der Waals surface area contributed by atoms with E-state index in [2.05, 4.69) is 13.8 Å². The number of quaternary nitrogens is 1. The molecule has 0 fully saturated rings. The molecule has 0 saturated heterocycles. The summed E-state index contributed by atoms with van der Waals surface area (Å²) in [5.41, 5.74) is 0. The standard InChI is InChI=1S/C44H90NO9P/c1-6-8-10-12-13-14-15-16-17-18-19-20-21-25-28-32-37-51-39-41(40-53-55(49,50)52-38-36-45(3,4)5)54-44(48)35-31-27-24-22-23-26-30-34-43(47)42(46)33-29-11-9-7-2/h41-43,46-47H,6-40H2,1-5H3. The number of esters is 1. The molecule has 10 nitrogen and oxygen atoms in total. The Morgan fingerprint density at radius 3 is 1.42 bits per heavy atom. The lowest BCUT2D eigenvalue weighted by molar-refractivity contribution is -0.870. The van der Waals surface area contributed by atoms with Crippen molar-refractivity contribution in [1.29, 1.82) is 0 Å². The number of hydrogen-bond acceptors (Lipinski definition) is 9. The lowest BCUT2D eigenvalue weighted by Gasteiger charge is -2.28. The number of carbonyl (C=O) groups excluding carboxylic acids is 1. The smallest absolute Gasteiger partial charge is 0.306 e. The van der Waals surface area contributed by atoms with E-state index in [0.717, 1.165) is 70.6 Å². The molecule has 0 radical (unpaired) electrons. The molecule has 0 aromatic heterocycles. The number of aliphatic hydroxyl groups is 2. The fourth-order valence-electron chi connectivity index (χ4n) is 6.64. The molecular weight excluding hydrogens is 717 g/mol. The highest BCUT2D eigenvalue weighted by atomic mass is 31.2. The van der Waals surface area contributed by atoms with Crippen LogP contribution in [0.25, 0.3) is 0 Å². The monoisotopic (exact) mass is 808 g/mol. The highest BCUT2D eigenvalue weighted by Crippen LogP contribution is 2.38. The van der Waals surface area contributed by atoms with Crippen LogP contribution in [-0.2, 0) is 27.9 Å². The van der Waals surface area contributed by atoms with Gasteiger partial charge in [-0.2, -0.15) is 0 Å². The number of unbranched alkanes of at least 4 members (excludes halogenated alkanes) is 24. The summed E-state index contributed by atoms with van der Waals surface area (Å²) >= 11 is 0. The van der Waals surface area contributed by atoms with Crippen LogP contribution >= 0.6 is 7.82 Å². The summed E-state index contributed by atoms with van der Waals surface area (Å²) in [5.74, 6) is -0.381. The molecule has 0 aliphatic heterocycles. The first kappa shape index (κ1) is 54.4. The number of carbonyl (C=O) groups is 1. The third kappa shape index (κ3) is 40.0. The quantitative estimate of drug-likeness (QED) is 0.0267. The van der Waals surface area contributed by atoms with E-state index < -0.39 is 26.1 Å². The Kier molecular flexibility index (Phi) is 37.3. The van der Waals surface area contributed by atoms with Crippen LogP contribution in [0, 0.1) is 0 Å². The molecule has 330 valence electrons. The Labute approximate surface area is 339 Å². The van der Waals surface area contributed by atoms with Gasteiger partial charge in [-0.25, -0.2) is 0 Å². The van der Waals surface area contributed by atoms with Crippen molar-refractivity contribution in [2.75, 3.05) is 54.1 Å². The van der Waals surface area contributed by atoms with E-state index >= 15 is 0 Å². The van der Waals surface area contributed by atoms with E-state index in [-0.39, 0.29) is 32.2 Å². The first-order valence-electron chi connectivity index (χ1n) is 22.9. The first-order valence-corrected chi connectivity index (χ1v) is 24.4. The second kappa shape index (κ2) is 37.7. The van der Waals surface area contributed by atoms with Gasteiger partial charge in [0, 0.05) is 13.0 Å². The van der Waals surface area contributed by atoms with Crippen LogP contribution in [0.5, 0.6) is 0 Å². The van der Waals surface area contributed by atoms with Crippen molar-refractivity contribution in [2.24, 2.45) is 0 Å². The zero-order chi connectivity index (χ0) is 40.9. The molecule has 0 aliphatic rings. The lowest BCUT2D eigenvalue weighted by atomic mass is 10.00. The lowest BCUT2D eigenvalue weighted by Crippen LogP contribution is -2.37. The number of rotatable bonds is 43. The Balaban J connectivity index is 4.26. The summed E-state index contributed by atoms with van der Waals surface area (Å²) in [6.45, 7) is 5.22. The fourth-order valence-corrected chi connectivity index (χ4v) is 7.37. The van der Waals surface area contributed by atoms with Gasteiger partial charge in [0.2, 0.25) is 0 Å². The zero-order valence-electron chi connectivity index (χ0n) is 36.6. The largest absolute Gasteiger partial charge is 0.756 e. The summed E-state index contributed by atoms with van der Waals surface area (Å²) in [7, 11) is 1.30. The molecule has 0 spiro atoms. The van der Waals surface area contributed by atoms with Crippen molar-refractivity contribution in [3.05, 3.63) is 0 Å². The molecule has 55 heavy (non-hydrogen) atoms. The van der Waals surface area contributed by atoms with Crippen molar-refractivity contribution in [3.8, 4) is 0 Å². The SMILES string of the molecule is CCCCCCCCCCCCCCCCCCOCC(COP(=O)([O-])OCC[N+](C)(C)C)OC(=O)CCCCCCCCCC(O)C(O)CCCCCC. The van der Waals surface area contributed by atoms with Gasteiger partial charge in [-0.3, -0.25) is 9.36 Å². The average molecular weight is 808 g/mol. The second-order valence-electron chi connectivity index (χ2n) is 17.1. The Morgan fingerprint density at radius 2 is 0.964 bits per heavy atom. The maximum Gasteiger partial charge on any atom is 0.306 e. The molecule has 0 aromatic rings. The Morgan fingerprint density at radius 1 is 0.564 bits per heavy atom. The molecule has 4 atom stereocenters. The van der Waals surface area contributed by atoms with Gasteiger partial charge < -0.3 is 38.1 Å². The zero-order valence-corrected chi connectivity index (χ0v) is 37.5. The van der Waals surface area contributed by atoms with Crippen LogP contribution in [0.15, 0.2) is 0 Å². The molecule has 0 amide bonds. The number of aliphatic hydroxyl groups excluding tert-OH is 2. The van der Waals surface area contributed by atoms with Gasteiger partial charge in [-0.15, -0.1) is 0 Å². The van der Waals surface area contributed by atoms with Gasteiger partial charge in [-0.05, 0) is 25.7 Å². The normalized spacial score (nSPS) is 14.8. The minimum absolute atomic E-state index is 0.00869. The van der Waals surface area contributed by atoms with Gasteiger partial charge in [0.1, 0.15) is 19.3 Å². The summed E-state index contributed by atoms with van der Waals surface area (Å²) < 4.78 is 34.5. The molecular formula is C44H90NO9P. The molecule has 2 N–H and O–H groups in total. The second-order valence-corrected chi connectivity index (χ2v) is 18.5. The minimum Gasteiger partial charge on any atom is -0.756 e. The predicted octanol–water partition coefficient (Wildman–Crippen LogP) is 10.6. The van der Waals surface area contributed by atoms with Crippen LogP contribution in [-0.4, -0.2) is 93.1 Å². The van der Waals surface area contributed by atoms with Crippen LogP contribution in [0.2, 0.25) is 0 Å². The Hall–Kier alpha value is -0.580. The van der Waals surface area contributed by atoms with Crippen LogP contribution in [0.3, 0.4) is 0 Å². The third-order valence-electron chi connectivity index (χ3n) is 10.4. The predicted molar refractivity (Wildman–Crippen MR) is 225 cm³/mol. The molecule has 0 heterocycles. The van der Waals surface area contributed by atoms with Crippen molar-refractivity contribution in [1.82, 2.24) is 0 Å². The van der Waals surface area contributed by atoms with Gasteiger partial charge in [0.05, 0.1) is 46.6 Å². The molecule has 4 unspecified atom stereocenters. The van der Waals surface area contributed by atoms with Gasteiger partial charge >= 0.3 is 5.97 Å². The summed E-state index contributed by atoms with van der Waals surface area (Å²) in [6, 6.07) is 0. The summed E-state index contributed by atoms with van der Waals surface area (Å²) in [5, 5.41) is 20.4. The van der Waals surface area contributed by atoms with Gasteiger partial charge in [0.15, 0.2) is 0 Å². The molecule has 0 aliphatic carbocycles. The third-order valence-corrected chi connectivity index (χ3v) is 11.3. The maximum absolute atomic E-state index is 12.7. The van der Waals surface area contributed by atoms with E-state index in [1.54, 1.807) is 0 Å². The maximum atomic E-state index is 12.7. The van der Waals surface area contributed by atoms with Gasteiger partial charge in [-0.1, -0.05) is 174 Å². The highest BCUT2D eigenvalue weighted by molar-refractivity contribution is 7.45. The van der Waals surface area contributed by atoms with Crippen molar-refractivity contribution < 1.29 is 47.5 Å². The number of phosphoric acid groups is 1. The van der Waals surface area contributed by atoms with E-state index in [1.165, 1.54) is 96.3 Å². The molecule has 0 aromatic carbocycles. The molecule has 11 heteroatoms. The first-order chi connectivity index (χ1) is 26.4. The number of nitrogens with zero attached hydrogens (tertiary/aromatic N) is 1. The van der Waals surface area contributed by atoms with Crippen molar-refractivity contribution >= 4 is 13.8 Å². The fraction of sp³-hybridized carbons (Fsp3) is 0.977. The summed E-state index contributed by atoms with van der Waals surface area (Å²) in [6.07, 6.45) is 31.4. The Bertz CT molecular complexity index is 888. The van der Waals surface area contributed by atoms with E-state index in [0.29, 0.717) is 36.9 Å². The molecule has 0 bridgehead atoms. The van der Waals surface area contributed by atoms with Crippen molar-refractivity contribution in [2.45, 2.75) is 225 Å². The summed E-state index contributed by atoms with van der Waals surface area (Å²) in [4.78, 5) is 25.1. The number of phosphoric ester groups is 1. The number of likely N-dealkylation sites (N-methyl/N-ethyl adjacent to an activating group) is 1. The average Bonchev–Trinajstić information content (AvgIpc) is 3.13. The van der Waals surface area contributed by atoms with Crippen molar-refractivity contribution in [3.63, 3.8) is 0 Å². The van der Waals surface area contributed by atoms with Gasteiger partial charge in [0.25, 0.3) is 7.82 Å². The van der Waals surface area contributed by atoms with Crippen LogP contribution in [0.1, 0.15) is 206 Å². The minimum atomic E-state index is -4.55.